The van der Waals surface area contributed by atoms with E-state index in [1.165, 1.54) is 0 Å². The first-order valence-electron chi connectivity index (χ1n) is 13.4. The van der Waals surface area contributed by atoms with Gasteiger partial charge in [-0.15, -0.1) is 0 Å². The Balaban J connectivity index is 0.00000205. The number of benzene rings is 2. The van der Waals surface area contributed by atoms with E-state index in [1.807, 2.05) is 87.7 Å². The number of carboxylic acids is 1. The lowest BCUT2D eigenvalue weighted by Gasteiger charge is -2.17. The van der Waals surface area contributed by atoms with Crippen LogP contribution in [0.15, 0.2) is 54.6 Å². The number of hydrogen-bond donors (Lipinski definition) is 1. The van der Waals surface area contributed by atoms with Crippen molar-refractivity contribution >= 4 is 22.8 Å². The molecule has 0 aliphatic heterocycles. The fourth-order valence-corrected chi connectivity index (χ4v) is 4.53. The topological polar surface area (TPSA) is 90.7 Å². The maximum Gasteiger partial charge on any atom is 0.344 e. The highest BCUT2D eigenvalue weighted by molar-refractivity contribution is 6.17. The highest BCUT2D eigenvalue weighted by atomic mass is 16.5. The number of aromatic nitrogens is 2. The predicted molar refractivity (Wildman–Crippen MR) is 154 cm³/mol. The van der Waals surface area contributed by atoms with Crippen LogP contribution in [0, 0.1) is 13.8 Å². The summed E-state index contributed by atoms with van der Waals surface area (Å²) in [5.41, 5.74) is 5.74. The second-order valence-corrected chi connectivity index (χ2v) is 9.12. The lowest BCUT2D eigenvalue weighted by Crippen LogP contribution is -2.26. The zero-order valence-corrected chi connectivity index (χ0v) is 23.9. The van der Waals surface area contributed by atoms with Crippen LogP contribution >= 0.6 is 0 Å². The van der Waals surface area contributed by atoms with Gasteiger partial charge in [-0.25, -0.2) is 4.79 Å². The molecule has 1 atom stereocenters. The van der Waals surface area contributed by atoms with Crippen molar-refractivity contribution in [2.75, 3.05) is 7.11 Å². The molecule has 2 aromatic heterocycles. The summed E-state index contributed by atoms with van der Waals surface area (Å²) in [5, 5.41) is 10.2. The molecule has 2 heterocycles. The number of ketones is 1. The zero-order chi connectivity index (χ0) is 28.7. The lowest BCUT2D eigenvalue weighted by molar-refractivity contribution is -0.145. The Morgan fingerprint density at radius 3 is 2.28 bits per heavy atom. The Bertz CT molecular complexity index is 1450. The quantitative estimate of drug-likeness (QED) is 0.228. The predicted octanol–water partition coefficient (Wildman–Crippen LogP) is 6.77. The molecule has 206 valence electrons. The normalized spacial score (nSPS) is 11.5. The molecule has 0 spiro atoms. The molecule has 0 aliphatic rings. The highest BCUT2D eigenvalue weighted by Crippen LogP contribution is 2.31. The van der Waals surface area contributed by atoms with E-state index in [1.54, 1.807) is 20.1 Å². The van der Waals surface area contributed by atoms with Crippen molar-refractivity contribution in [3.63, 3.8) is 0 Å². The molecular formula is C32H38N2O5. The van der Waals surface area contributed by atoms with E-state index in [0.717, 1.165) is 27.8 Å². The fourth-order valence-electron chi connectivity index (χ4n) is 4.53. The summed E-state index contributed by atoms with van der Waals surface area (Å²) in [5.74, 6) is 0.0156. The fraction of sp³-hybridized carbons (Fsp3) is 0.344. The van der Waals surface area contributed by atoms with Crippen molar-refractivity contribution in [1.82, 2.24) is 9.55 Å². The van der Waals surface area contributed by atoms with Crippen LogP contribution in [0.1, 0.15) is 72.4 Å². The second-order valence-electron chi connectivity index (χ2n) is 9.12. The maximum atomic E-state index is 13.6. The Morgan fingerprint density at radius 1 is 1.00 bits per heavy atom. The summed E-state index contributed by atoms with van der Waals surface area (Å²) in [6.07, 6.45) is 0.173. The van der Waals surface area contributed by atoms with Gasteiger partial charge in [0.05, 0.1) is 12.7 Å². The van der Waals surface area contributed by atoms with Crippen LogP contribution in [0.5, 0.6) is 11.6 Å². The molecule has 0 amide bonds. The average Bonchev–Trinajstić information content (AvgIpc) is 3.22. The lowest BCUT2D eigenvalue weighted by atomic mass is 10.0. The molecule has 0 saturated heterocycles. The van der Waals surface area contributed by atoms with Gasteiger partial charge in [0.15, 0.2) is 11.9 Å². The zero-order valence-electron chi connectivity index (χ0n) is 23.9. The molecule has 1 N–H and O–H groups in total. The molecule has 0 bridgehead atoms. The molecule has 0 saturated carbocycles. The Morgan fingerprint density at radius 2 is 1.69 bits per heavy atom. The number of hydrogen-bond acceptors (Lipinski definition) is 5. The molecule has 4 rings (SSSR count). The summed E-state index contributed by atoms with van der Waals surface area (Å²) < 4.78 is 13.2. The van der Waals surface area contributed by atoms with E-state index in [-0.39, 0.29) is 5.78 Å². The average molecular weight is 531 g/mol. The molecule has 39 heavy (non-hydrogen) atoms. The number of fused-ring (bicyclic) bond motifs is 1. The van der Waals surface area contributed by atoms with Gasteiger partial charge < -0.3 is 19.1 Å². The van der Waals surface area contributed by atoms with Gasteiger partial charge >= 0.3 is 5.97 Å². The maximum absolute atomic E-state index is 13.6. The van der Waals surface area contributed by atoms with E-state index < -0.39 is 12.1 Å². The summed E-state index contributed by atoms with van der Waals surface area (Å²) in [7, 11) is 1.57. The van der Waals surface area contributed by atoms with Crippen LogP contribution in [-0.2, 0) is 17.8 Å². The third-order valence-electron chi connectivity index (χ3n) is 6.65. The van der Waals surface area contributed by atoms with Gasteiger partial charge in [0, 0.05) is 29.3 Å². The summed E-state index contributed by atoms with van der Waals surface area (Å²) in [6, 6.07) is 17.0. The van der Waals surface area contributed by atoms with Crippen molar-refractivity contribution < 1.29 is 24.2 Å². The highest BCUT2D eigenvalue weighted by Gasteiger charge is 2.23. The minimum atomic E-state index is -0.978. The number of pyridine rings is 1. The summed E-state index contributed by atoms with van der Waals surface area (Å²) in [4.78, 5) is 29.8. The van der Waals surface area contributed by atoms with Gasteiger partial charge in [-0.3, -0.25) is 4.79 Å². The minimum absolute atomic E-state index is 0.0505. The molecular weight excluding hydrogens is 492 g/mol. The van der Waals surface area contributed by atoms with Crippen LogP contribution in [0.25, 0.3) is 11.0 Å². The van der Waals surface area contributed by atoms with Crippen LogP contribution in [0.3, 0.4) is 0 Å². The van der Waals surface area contributed by atoms with E-state index in [0.29, 0.717) is 47.8 Å². The van der Waals surface area contributed by atoms with Gasteiger partial charge in [-0.1, -0.05) is 69.7 Å². The van der Waals surface area contributed by atoms with Crippen LogP contribution in [0.4, 0.5) is 0 Å². The first-order chi connectivity index (χ1) is 18.8. The minimum Gasteiger partial charge on any atom is -0.481 e. The van der Waals surface area contributed by atoms with Crippen molar-refractivity contribution in [2.24, 2.45) is 0 Å². The van der Waals surface area contributed by atoms with Crippen LogP contribution in [-0.4, -0.2) is 39.6 Å². The van der Waals surface area contributed by atoms with Crippen molar-refractivity contribution in [1.29, 1.82) is 0 Å². The monoisotopic (exact) mass is 530 g/mol. The second kappa shape index (κ2) is 13.1. The van der Waals surface area contributed by atoms with Crippen molar-refractivity contribution in [3.05, 3.63) is 88.1 Å². The van der Waals surface area contributed by atoms with E-state index in [9.17, 15) is 14.7 Å². The number of ether oxygens (including phenoxy) is 2. The third kappa shape index (κ3) is 6.30. The molecule has 1 unspecified atom stereocenters. The Hall–Kier alpha value is -4.13. The number of carbonyl (C=O) groups excluding carboxylic acids is 1. The van der Waals surface area contributed by atoms with Crippen molar-refractivity contribution in [2.45, 2.75) is 67.0 Å². The van der Waals surface area contributed by atoms with E-state index >= 15 is 0 Å². The van der Waals surface area contributed by atoms with Crippen molar-refractivity contribution in [3.8, 4) is 11.6 Å². The smallest absolute Gasteiger partial charge is 0.344 e. The van der Waals surface area contributed by atoms with Crippen LogP contribution in [0.2, 0.25) is 0 Å². The van der Waals surface area contributed by atoms with Crippen LogP contribution < -0.4 is 9.47 Å². The Labute approximate surface area is 230 Å². The van der Waals surface area contributed by atoms with E-state index in [2.05, 4.69) is 0 Å². The number of carbonyl (C=O) groups is 2. The first-order valence-corrected chi connectivity index (χ1v) is 13.4. The summed E-state index contributed by atoms with van der Waals surface area (Å²) in [6.45, 7) is 12.2. The summed E-state index contributed by atoms with van der Waals surface area (Å²) >= 11 is 0. The molecule has 4 aromatic rings. The molecule has 2 aromatic carbocycles. The number of carboxylic acid groups (broad SMARTS) is 1. The standard InChI is InChI=1S/C30H32N2O5.C2H6/c1-6-21-16-20(10-14-25(21)37-24(7-2)30(34)35)17-32-19(4)27(23-13-15-26(36-5)31-29(23)32)28(33)22-11-8-18(3)9-12-22;1-2/h8-16,24H,6-7,17H2,1-5H3,(H,34,35);1-2H3. The third-order valence-corrected chi connectivity index (χ3v) is 6.65. The molecule has 7 heteroatoms. The Kier molecular flexibility index (Phi) is 9.88. The number of methoxy groups -OCH3 is 1. The number of rotatable bonds is 10. The number of nitrogens with zero attached hydrogens (tertiary/aromatic N) is 2. The van der Waals surface area contributed by atoms with Gasteiger partial charge in [-0.05, 0) is 49.9 Å². The largest absolute Gasteiger partial charge is 0.481 e. The molecule has 0 radical (unpaired) electrons. The van der Waals surface area contributed by atoms with Gasteiger partial charge in [-0.2, -0.15) is 4.98 Å². The molecule has 0 aliphatic carbocycles. The SMILES string of the molecule is CC.CCc1cc(Cn2c(C)c(C(=O)c3ccc(C)cc3)c3ccc(OC)nc32)ccc1OC(CC)C(=O)O. The molecule has 7 nitrogen and oxygen atoms in total. The van der Waals surface area contributed by atoms with Gasteiger partial charge in [0.25, 0.3) is 0 Å². The van der Waals surface area contributed by atoms with Gasteiger partial charge in [0.2, 0.25) is 5.88 Å². The first kappa shape index (κ1) is 29.4. The molecule has 0 fully saturated rings. The van der Waals surface area contributed by atoms with E-state index in [4.69, 9.17) is 14.5 Å². The number of aryl methyl sites for hydroxylation is 2. The number of aliphatic carboxylic acids is 1. The van der Waals surface area contributed by atoms with Gasteiger partial charge in [0.1, 0.15) is 11.4 Å².